The lowest BCUT2D eigenvalue weighted by Crippen LogP contribution is -2.29. The number of carbonyl (C=O) groups excluding carboxylic acids is 1. The average molecular weight is 285 g/mol. The Labute approximate surface area is 124 Å². The molecule has 0 aliphatic heterocycles. The lowest BCUT2D eigenvalue weighted by Gasteiger charge is -2.22. The van der Waals surface area contributed by atoms with Crippen molar-refractivity contribution >= 4 is 23.2 Å². The number of para-hydroxylation sites is 1. The van der Waals surface area contributed by atoms with Crippen molar-refractivity contribution in [3.8, 4) is 0 Å². The lowest BCUT2D eigenvalue weighted by molar-refractivity contribution is 0.0999. The summed E-state index contributed by atoms with van der Waals surface area (Å²) in [6.45, 7) is 3.30. The smallest absolute Gasteiger partial charge is 0.182 e. The van der Waals surface area contributed by atoms with E-state index in [2.05, 4.69) is 11.8 Å². The molecule has 20 heavy (non-hydrogen) atoms. The van der Waals surface area contributed by atoms with Gasteiger partial charge in [-0.15, -0.1) is 11.8 Å². The predicted molar refractivity (Wildman–Crippen MR) is 86.9 cm³/mol. The normalized spacial score (nSPS) is 10.3. The first kappa shape index (κ1) is 14.7. The maximum absolute atomic E-state index is 12.3. The molecule has 0 N–H and O–H groups in total. The van der Waals surface area contributed by atoms with Crippen LogP contribution in [-0.4, -0.2) is 25.1 Å². The van der Waals surface area contributed by atoms with E-state index < -0.39 is 0 Å². The summed E-state index contributed by atoms with van der Waals surface area (Å²) in [5.41, 5.74) is 1.86. The zero-order chi connectivity index (χ0) is 14.4. The summed E-state index contributed by atoms with van der Waals surface area (Å²) >= 11 is 1.68. The zero-order valence-electron chi connectivity index (χ0n) is 11.9. The fourth-order valence-corrected chi connectivity index (χ4v) is 2.47. The first-order chi connectivity index (χ1) is 9.74. The molecule has 0 saturated carbocycles. The van der Waals surface area contributed by atoms with Gasteiger partial charge in [0.2, 0.25) is 0 Å². The lowest BCUT2D eigenvalue weighted by atomic mass is 10.1. The molecule has 2 nitrogen and oxygen atoms in total. The van der Waals surface area contributed by atoms with Crippen molar-refractivity contribution in [2.24, 2.45) is 0 Å². The largest absolute Gasteiger partial charge is 0.364 e. The van der Waals surface area contributed by atoms with E-state index in [0.717, 1.165) is 17.8 Å². The third kappa shape index (κ3) is 3.64. The van der Waals surface area contributed by atoms with E-state index in [1.807, 2.05) is 60.9 Å². The third-order valence-electron chi connectivity index (χ3n) is 3.25. The molecule has 0 saturated heterocycles. The highest BCUT2D eigenvalue weighted by atomic mass is 32.2. The summed E-state index contributed by atoms with van der Waals surface area (Å²) in [7, 11) is 0. The van der Waals surface area contributed by atoms with E-state index in [0.29, 0.717) is 6.54 Å². The molecule has 0 aromatic heterocycles. The SMILES string of the molecule is CCN(CC(=O)c1ccc(SC)cc1)c1ccccc1. The van der Waals surface area contributed by atoms with E-state index in [4.69, 9.17) is 0 Å². The number of Topliss-reactive ketones (excluding diaryl/α,β-unsaturated/α-hetero) is 1. The van der Waals surface area contributed by atoms with Crippen molar-refractivity contribution in [3.05, 3.63) is 60.2 Å². The van der Waals surface area contributed by atoms with Gasteiger partial charge in [0.25, 0.3) is 0 Å². The quantitative estimate of drug-likeness (QED) is 0.588. The van der Waals surface area contributed by atoms with Gasteiger partial charge in [-0.05, 0) is 37.4 Å². The van der Waals surface area contributed by atoms with Crippen molar-refractivity contribution in [1.29, 1.82) is 0 Å². The van der Waals surface area contributed by atoms with Crippen LogP contribution in [0.5, 0.6) is 0 Å². The van der Waals surface area contributed by atoms with Crippen LogP contribution in [0.25, 0.3) is 0 Å². The highest BCUT2D eigenvalue weighted by molar-refractivity contribution is 7.98. The van der Waals surface area contributed by atoms with E-state index in [-0.39, 0.29) is 5.78 Å². The molecule has 0 aliphatic carbocycles. The second-order valence-corrected chi connectivity index (χ2v) is 5.38. The molecule has 3 heteroatoms. The molecule has 2 rings (SSSR count). The van der Waals surface area contributed by atoms with Gasteiger partial charge in [0, 0.05) is 22.7 Å². The molecule has 104 valence electrons. The summed E-state index contributed by atoms with van der Waals surface area (Å²) in [4.78, 5) is 15.6. The van der Waals surface area contributed by atoms with Gasteiger partial charge in [-0.2, -0.15) is 0 Å². The van der Waals surface area contributed by atoms with Gasteiger partial charge < -0.3 is 4.90 Å². The molecule has 0 aliphatic rings. The van der Waals surface area contributed by atoms with Gasteiger partial charge in [0.15, 0.2) is 5.78 Å². The minimum Gasteiger partial charge on any atom is -0.364 e. The van der Waals surface area contributed by atoms with Crippen molar-refractivity contribution in [1.82, 2.24) is 0 Å². The number of anilines is 1. The van der Waals surface area contributed by atoms with Crippen molar-refractivity contribution in [2.45, 2.75) is 11.8 Å². The van der Waals surface area contributed by atoms with Crippen LogP contribution < -0.4 is 4.90 Å². The fraction of sp³-hybridized carbons (Fsp3) is 0.235. The number of ketones is 1. The summed E-state index contributed by atoms with van der Waals surface area (Å²) < 4.78 is 0. The van der Waals surface area contributed by atoms with E-state index in [1.165, 1.54) is 4.90 Å². The number of carbonyl (C=O) groups is 1. The van der Waals surface area contributed by atoms with Crippen LogP contribution >= 0.6 is 11.8 Å². The molecule has 2 aromatic rings. The number of nitrogens with zero attached hydrogens (tertiary/aromatic N) is 1. The second kappa shape index (κ2) is 7.15. The Balaban J connectivity index is 2.09. The summed E-state index contributed by atoms with van der Waals surface area (Å²) in [6, 6.07) is 17.9. The van der Waals surface area contributed by atoms with Crippen LogP contribution in [0.3, 0.4) is 0 Å². The van der Waals surface area contributed by atoms with Gasteiger partial charge in [-0.1, -0.05) is 30.3 Å². The molecular weight excluding hydrogens is 266 g/mol. The Bertz CT molecular complexity index is 551. The molecule has 0 spiro atoms. The topological polar surface area (TPSA) is 20.3 Å². The molecule has 0 fully saturated rings. The Morgan fingerprint density at radius 3 is 2.25 bits per heavy atom. The van der Waals surface area contributed by atoms with E-state index >= 15 is 0 Å². The first-order valence-electron chi connectivity index (χ1n) is 6.72. The Hall–Kier alpha value is -1.74. The molecule has 0 radical (unpaired) electrons. The second-order valence-electron chi connectivity index (χ2n) is 4.50. The fourth-order valence-electron chi connectivity index (χ4n) is 2.07. The summed E-state index contributed by atoms with van der Waals surface area (Å²) in [5.74, 6) is 0.156. The van der Waals surface area contributed by atoms with E-state index in [9.17, 15) is 4.79 Å². The first-order valence-corrected chi connectivity index (χ1v) is 7.94. The predicted octanol–water partition coefficient (Wildman–Crippen LogP) is 4.12. The number of likely N-dealkylation sites (N-methyl/N-ethyl adjacent to an activating group) is 1. The van der Waals surface area contributed by atoms with Crippen LogP contribution in [0.2, 0.25) is 0 Å². The highest BCUT2D eigenvalue weighted by Gasteiger charge is 2.11. The summed E-state index contributed by atoms with van der Waals surface area (Å²) in [5, 5.41) is 0. The highest BCUT2D eigenvalue weighted by Crippen LogP contribution is 2.17. The minimum absolute atomic E-state index is 0.156. The van der Waals surface area contributed by atoms with Gasteiger partial charge >= 0.3 is 0 Å². The Morgan fingerprint density at radius 2 is 1.70 bits per heavy atom. The van der Waals surface area contributed by atoms with Gasteiger partial charge in [-0.25, -0.2) is 0 Å². The third-order valence-corrected chi connectivity index (χ3v) is 3.99. The van der Waals surface area contributed by atoms with Gasteiger partial charge in [0.1, 0.15) is 0 Å². The van der Waals surface area contributed by atoms with Gasteiger partial charge in [0.05, 0.1) is 6.54 Å². The minimum atomic E-state index is 0.156. The van der Waals surface area contributed by atoms with Crippen molar-refractivity contribution < 1.29 is 4.79 Å². The monoisotopic (exact) mass is 285 g/mol. The molecular formula is C17H19NOS. The van der Waals surface area contributed by atoms with E-state index in [1.54, 1.807) is 11.8 Å². The number of hydrogen-bond donors (Lipinski definition) is 0. The van der Waals surface area contributed by atoms with Crippen molar-refractivity contribution in [3.63, 3.8) is 0 Å². The Kier molecular flexibility index (Phi) is 5.24. The number of benzene rings is 2. The van der Waals surface area contributed by atoms with Crippen LogP contribution in [0, 0.1) is 0 Å². The molecule has 0 unspecified atom stereocenters. The molecule has 0 bridgehead atoms. The van der Waals surface area contributed by atoms with Crippen LogP contribution in [0.4, 0.5) is 5.69 Å². The number of rotatable bonds is 6. The maximum Gasteiger partial charge on any atom is 0.182 e. The number of thioether (sulfide) groups is 1. The maximum atomic E-state index is 12.3. The standard InChI is InChI=1S/C17H19NOS/c1-3-18(15-7-5-4-6-8-15)13-17(19)14-9-11-16(20-2)12-10-14/h4-12H,3,13H2,1-2H3. The molecule has 0 atom stereocenters. The van der Waals surface area contributed by atoms with Crippen molar-refractivity contribution in [2.75, 3.05) is 24.2 Å². The number of hydrogen-bond acceptors (Lipinski definition) is 3. The zero-order valence-corrected chi connectivity index (χ0v) is 12.7. The van der Waals surface area contributed by atoms with Crippen LogP contribution in [-0.2, 0) is 0 Å². The Morgan fingerprint density at radius 1 is 1.05 bits per heavy atom. The van der Waals surface area contributed by atoms with Crippen LogP contribution in [0.1, 0.15) is 17.3 Å². The molecule has 2 aromatic carbocycles. The molecule has 0 amide bonds. The molecule has 0 heterocycles. The van der Waals surface area contributed by atoms with Gasteiger partial charge in [-0.3, -0.25) is 4.79 Å². The average Bonchev–Trinajstić information content (AvgIpc) is 2.53. The van der Waals surface area contributed by atoms with Crippen LogP contribution in [0.15, 0.2) is 59.5 Å². The summed E-state index contributed by atoms with van der Waals surface area (Å²) in [6.07, 6.45) is 2.03.